The van der Waals surface area contributed by atoms with Gasteiger partial charge in [0.05, 0.1) is 22.5 Å². The summed E-state index contributed by atoms with van der Waals surface area (Å²) in [6, 6.07) is 13.2. The molecule has 0 aliphatic rings. The monoisotopic (exact) mass is 266 g/mol. The number of carbonyl (C=O) groups is 1. The SMILES string of the molecule is Cc1c(C(=O)O)cccc1-n1nc(C)c2ccccc21. The van der Waals surface area contributed by atoms with E-state index in [1.54, 1.807) is 12.1 Å². The van der Waals surface area contributed by atoms with Gasteiger partial charge >= 0.3 is 5.97 Å². The van der Waals surface area contributed by atoms with Gasteiger partial charge in [0.15, 0.2) is 0 Å². The number of aromatic nitrogens is 2. The first-order chi connectivity index (χ1) is 9.59. The van der Waals surface area contributed by atoms with Crippen LogP contribution < -0.4 is 0 Å². The molecule has 0 unspecified atom stereocenters. The average molecular weight is 266 g/mol. The molecule has 0 fully saturated rings. The maximum absolute atomic E-state index is 11.2. The molecular weight excluding hydrogens is 252 g/mol. The van der Waals surface area contributed by atoms with E-state index in [9.17, 15) is 9.90 Å². The number of benzene rings is 2. The molecule has 1 aromatic heterocycles. The summed E-state index contributed by atoms with van der Waals surface area (Å²) in [6.45, 7) is 3.76. The summed E-state index contributed by atoms with van der Waals surface area (Å²) in [5.41, 5.74) is 3.73. The Morgan fingerprint density at radius 3 is 2.60 bits per heavy atom. The summed E-state index contributed by atoms with van der Waals surface area (Å²) in [6.07, 6.45) is 0. The lowest BCUT2D eigenvalue weighted by Crippen LogP contribution is -2.05. The van der Waals surface area contributed by atoms with E-state index in [4.69, 9.17) is 0 Å². The van der Waals surface area contributed by atoms with E-state index in [1.165, 1.54) is 0 Å². The van der Waals surface area contributed by atoms with Crippen LogP contribution in [-0.4, -0.2) is 20.9 Å². The van der Waals surface area contributed by atoms with Crippen LogP contribution in [0.3, 0.4) is 0 Å². The molecule has 1 N–H and O–H groups in total. The number of fused-ring (bicyclic) bond motifs is 1. The number of carboxylic acids is 1. The highest BCUT2D eigenvalue weighted by Crippen LogP contribution is 2.24. The summed E-state index contributed by atoms with van der Waals surface area (Å²) < 4.78 is 1.81. The van der Waals surface area contributed by atoms with Crippen LogP contribution in [0.5, 0.6) is 0 Å². The van der Waals surface area contributed by atoms with Crippen molar-refractivity contribution in [1.29, 1.82) is 0 Å². The smallest absolute Gasteiger partial charge is 0.336 e. The summed E-state index contributed by atoms with van der Waals surface area (Å²) >= 11 is 0. The molecule has 0 saturated carbocycles. The first-order valence-corrected chi connectivity index (χ1v) is 6.37. The predicted molar refractivity (Wildman–Crippen MR) is 77.5 cm³/mol. The van der Waals surface area contributed by atoms with Gasteiger partial charge in [-0.05, 0) is 37.6 Å². The number of rotatable bonds is 2. The lowest BCUT2D eigenvalue weighted by atomic mass is 10.1. The minimum Gasteiger partial charge on any atom is -0.478 e. The highest BCUT2D eigenvalue weighted by molar-refractivity contribution is 5.91. The van der Waals surface area contributed by atoms with Crippen molar-refractivity contribution in [3.05, 3.63) is 59.3 Å². The van der Waals surface area contributed by atoms with Gasteiger partial charge in [-0.1, -0.05) is 24.3 Å². The number of hydrogen-bond acceptors (Lipinski definition) is 2. The number of aromatic carboxylic acids is 1. The summed E-state index contributed by atoms with van der Waals surface area (Å²) in [5, 5.41) is 14.8. The number of para-hydroxylation sites is 1. The highest BCUT2D eigenvalue weighted by atomic mass is 16.4. The lowest BCUT2D eigenvalue weighted by Gasteiger charge is -2.09. The molecule has 0 spiro atoms. The van der Waals surface area contributed by atoms with E-state index in [0.29, 0.717) is 11.1 Å². The Bertz CT molecular complexity index is 818. The van der Waals surface area contributed by atoms with Crippen LogP contribution in [0.25, 0.3) is 16.6 Å². The molecule has 0 amide bonds. The molecule has 0 aliphatic heterocycles. The van der Waals surface area contributed by atoms with Crippen molar-refractivity contribution >= 4 is 16.9 Å². The molecule has 2 aromatic carbocycles. The maximum Gasteiger partial charge on any atom is 0.336 e. The number of carboxylic acid groups (broad SMARTS) is 1. The minimum atomic E-state index is -0.919. The van der Waals surface area contributed by atoms with Gasteiger partial charge in [-0.15, -0.1) is 0 Å². The van der Waals surface area contributed by atoms with Gasteiger partial charge in [0.25, 0.3) is 0 Å². The Labute approximate surface area is 116 Å². The Morgan fingerprint density at radius 1 is 1.10 bits per heavy atom. The molecule has 0 bridgehead atoms. The fourth-order valence-electron chi connectivity index (χ4n) is 2.49. The predicted octanol–water partition coefficient (Wildman–Crippen LogP) is 3.34. The fraction of sp³-hybridized carbons (Fsp3) is 0.125. The van der Waals surface area contributed by atoms with Crippen molar-refractivity contribution in [1.82, 2.24) is 9.78 Å². The third kappa shape index (κ3) is 1.77. The zero-order valence-corrected chi connectivity index (χ0v) is 11.3. The second-order valence-corrected chi connectivity index (χ2v) is 4.77. The quantitative estimate of drug-likeness (QED) is 0.774. The van der Waals surface area contributed by atoms with Crippen molar-refractivity contribution in [3.63, 3.8) is 0 Å². The van der Waals surface area contributed by atoms with Gasteiger partial charge in [-0.3, -0.25) is 0 Å². The summed E-state index contributed by atoms with van der Waals surface area (Å²) in [5.74, 6) is -0.919. The van der Waals surface area contributed by atoms with Crippen LogP contribution in [0.1, 0.15) is 21.6 Å². The molecule has 4 nitrogen and oxygen atoms in total. The van der Waals surface area contributed by atoms with Crippen LogP contribution in [0, 0.1) is 13.8 Å². The normalized spacial score (nSPS) is 10.9. The average Bonchev–Trinajstić information content (AvgIpc) is 2.77. The van der Waals surface area contributed by atoms with Crippen molar-refractivity contribution in [3.8, 4) is 5.69 Å². The molecular formula is C16H14N2O2. The molecule has 1 heterocycles. The molecule has 0 saturated heterocycles. The van der Waals surface area contributed by atoms with Crippen LogP contribution >= 0.6 is 0 Å². The molecule has 20 heavy (non-hydrogen) atoms. The van der Waals surface area contributed by atoms with Gasteiger partial charge in [0, 0.05) is 5.39 Å². The van der Waals surface area contributed by atoms with E-state index in [0.717, 1.165) is 22.3 Å². The van der Waals surface area contributed by atoms with Crippen molar-refractivity contribution in [2.24, 2.45) is 0 Å². The van der Waals surface area contributed by atoms with Gasteiger partial charge in [0.2, 0.25) is 0 Å². The van der Waals surface area contributed by atoms with E-state index in [-0.39, 0.29) is 0 Å². The summed E-state index contributed by atoms with van der Waals surface area (Å²) in [4.78, 5) is 11.2. The van der Waals surface area contributed by atoms with E-state index in [1.807, 2.05) is 48.9 Å². The number of hydrogen-bond donors (Lipinski definition) is 1. The second-order valence-electron chi connectivity index (χ2n) is 4.77. The Balaban J connectivity index is 2.32. The topological polar surface area (TPSA) is 55.1 Å². The highest BCUT2D eigenvalue weighted by Gasteiger charge is 2.14. The number of aryl methyl sites for hydroxylation is 1. The molecule has 0 radical (unpaired) electrons. The zero-order chi connectivity index (χ0) is 14.3. The molecule has 0 atom stereocenters. The minimum absolute atomic E-state index is 0.305. The van der Waals surface area contributed by atoms with Gasteiger partial charge < -0.3 is 5.11 Å². The molecule has 3 aromatic rings. The zero-order valence-electron chi connectivity index (χ0n) is 11.3. The van der Waals surface area contributed by atoms with Gasteiger partial charge in [-0.25, -0.2) is 9.48 Å². The van der Waals surface area contributed by atoms with E-state index in [2.05, 4.69) is 5.10 Å². The van der Waals surface area contributed by atoms with Crippen molar-refractivity contribution in [2.75, 3.05) is 0 Å². The fourth-order valence-corrected chi connectivity index (χ4v) is 2.49. The first-order valence-electron chi connectivity index (χ1n) is 6.37. The number of nitrogens with zero attached hydrogens (tertiary/aromatic N) is 2. The molecule has 4 heteroatoms. The van der Waals surface area contributed by atoms with E-state index >= 15 is 0 Å². The van der Waals surface area contributed by atoms with Crippen molar-refractivity contribution in [2.45, 2.75) is 13.8 Å². The maximum atomic E-state index is 11.2. The van der Waals surface area contributed by atoms with Crippen LogP contribution in [0.4, 0.5) is 0 Å². The third-order valence-electron chi connectivity index (χ3n) is 3.54. The second kappa shape index (κ2) is 4.49. The van der Waals surface area contributed by atoms with Gasteiger partial charge in [-0.2, -0.15) is 5.10 Å². The summed E-state index contributed by atoms with van der Waals surface area (Å²) in [7, 11) is 0. The van der Waals surface area contributed by atoms with Crippen LogP contribution in [-0.2, 0) is 0 Å². The van der Waals surface area contributed by atoms with E-state index < -0.39 is 5.97 Å². The standard InChI is InChI=1S/C16H14N2O2/c1-10-12(16(19)20)7-5-9-14(10)18-15-8-4-3-6-13(15)11(2)17-18/h3-9H,1-2H3,(H,19,20). The molecule has 100 valence electrons. The Morgan fingerprint density at radius 2 is 1.85 bits per heavy atom. The third-order valence-corrected chi connectivity index (χ3v) is 3.54. The molecule has 3 rings (SSSR count). The van der Waals surface area contributed by atoms with Crippen LogP contribution in [0.2, 0.25) is 0 Å². The molecule has 0 aliphatic carbocycles. The largest absolute Gasteiger partial charge is 0.478 e. The van der Waals surface area contributed by atoms with Crippen molar-refractivity contribution < 1.29 is 9.90 Å². The first kappa shape index (κ1) is 12.4. The Hall–Kier alpha value is -2.62. The van der Waals surface area contributed by atoms with Gasteiger partial charge in [0.1, 0.15) is 0 Å². The van der Waals surface area contributed by atoms with Crippen LogP contribution in [0.15, 0.2) is 42.5 Å². The Kier molecular flexibility index (Phi) is 2.79. The lowest BCUT2D eigenvalue weighted by molar-refractivity contribution is 0.0696.